The first-order valence-corrected chi connectivity index (χ1v) is 10.2. The van der Waals surface area contributed by atoms with Gasteiger partial charge in [0.05, 0.1) is 12.2 Å². The maximum absolute atomic E-state index is 13.1. The molecule has 0 fully saturated rings. The molecule has 6 nitrogen and oxygen atoms in total. The van der Waals surface area contributed by atoms with E-state index in [0.29, 0.717) is 5.82 Å². The standard InChI is InChI=1S/C24H27N3O3/c1-4-17(2)27-21(15-16-25-27)26-23(28)18(3)30-24(29)22(19-11-7-5-8-12-19)20-13-9-6-10-14-20/h5-18,22H,4H2,1-3H3,(H,26,28)/t17-,18-/m0/s1. The lowest BCUT2D eigenvalue weighted by atomic mass is 9.91. The van der Waals surface area contributed by atoms with Gasteiger partial charge in [0.25, 0.3) is 5.91 Å². The molecule has 1 aromatic heterocycles. The number of benzene rings is 2. The van der Waals surface area contributed by atoms with Crippen molar-refractivity contribution in [3.63, 3.8) is 0 Å². The van der Waals surface area contributed by atoms with Crippen molar-refractivity contribution in [3.05, 3.63) is 84.1 Å². The molecule has 0 unspecified atom stereocenters. The van der Waals surface area contributed by atoms with Crippen molar-refractivity contribution < 1.29 is 14.3 Å². The Balaban J connectivity index is 1.74. The van der Waals surface area contributed by atoms with Gasteiger partial charge in [0.2, 0.25) is 0 Å². The van der Waals surface area contributed by atoms with Crippen molar-refractivity contribution in [1.82, 2.24) is 9.78 Å². The van der Waals surface area contributed by atoms with Gasteiger partial charge in [0.15, 0.2) is 6.10 Å². The van der Waals surface area contributed by atoms with Crippen LogP contribution in [0, 0.1) is 0 Å². The molecular weight excluding hydrogens is 378 g/mol. The number of rotatable bonds is 8. The third kappa shape index (κ3) is 4.95. The number of carbonyl (C=O) groups excluding carboxylic acids is 2. The van der Waals surface area contributed by atoms with Crippen LogP contribution in [0.2, 0.25) is 0 Å². The number of amides is 1. The number of nitrogens with zero attached hydrogens (tertiary/aromatic N) is 2. The van der Waals surface area contributed by atoms with Gasteiger partial charge in [-0.2, -0.15) is 5.10 Å². The summed E-state index contributed by atoms with van der Waals surface area (Å²) in [5.74, 6) is -0.882. The van der Waals surface area contributed by atoms with E-state index in [2.05, 4.69) is 17.3 Å². The second-order valence-corrected chi connectivity index (χ2v) is 7.24. The molecule has 156 valence electrons. The molecule has 0 radical (unpaired) electrons. The van der Waals surface area contributed by atoms with E-state index in [4.69, 9.17) is 4.74 Å². The highest BCUT2D eigenvalue weighted by atomic mass is 16.5. The van der Waals surface area contributed by atoms with E-state index in [1.807, 2.05) is 67.6 Å². The molecule has 3 aromatic rings. The molecule has 6 heteroatoms. The smallest absolute Gasteiger partial charge is 0.318 e. The molecule has 1 heterocycles. The SMILES string of the molecule is CC[C@H](C)n1nccc1NC(=O)[C@H](C)OC(=O)C(c1ccccc1)c1ccccc1. The van der Waals surface area contributed by atoms with Gasteiger partial charge in [0.1, 0.15) is 11.7 Å². The fraction of sp³-hybridized carbons (Fsp3) is 0.292. The topological polar surface area (TPSA) is 73.2 Å². The lowest BCUT2D eigenvalue weighted by Crippen LogP contribution is -2.33. The van der Waals surface area contributed by atoms with E-state index >= 15 is 0 Å². The van der Waals surface area contributed by atoms with E-state index in [-0.39, 0.29) is 6.04 Å². The van der Waals surface area contributed by atoms with Gasteiger partial charge in [-0.15, -0.1) is 0 Å². The Hall–Kier alpha value is -3.41. The maximum atomic E-state index is 13.1. The summed E-state index contributed by atoms with van der Waals surface area (Å²) in [5.41, 5.74) is 1.63. The molecule has 30 heavy (non-hydrogen) atoms. The lowest BCUT2D eigenvalue weighted by molar-refractivity contribution is -0.153. The van der Waals surface area contributed by atoms with Crippen molar-refractivity contribution >= 4 is 17.7 Å². The summed E-state index contributed by atoms with van der Waals surface area (Å²) in [7, 11) is 0. The third-order valence-corrected chi connectivity index (χ3v) is 5.09. The molecule has 2 aromatic carbocycles. The van der Waals surface area contributed by atoms with Crippen LogP contribution in [0.5, 0.6) is 0 Å². The highest BCUT2D eigenvalue weighted by Crippen LogP contribution is 2.26. The molecule has 0 saturated heterocycles. The van der Waals surface area contributed by atoms with Crippen molar-refractivity contribution in [1.29, 1.82) is 0 Å². The van der Waals surface area contributed by atoms with Crippen LogP contribution in [-0.2, 0) is 14.3 Å². The zero-order chi connectivity index (χ0) is 21.5. The first-order valence-electron chi connectivity index (χ1n) is 10.2. The van der Waals surface area contributed by atoms with E-state index < -0.39 is 23.9 Å². The summed E-state index contributed by atoms with van der Waals surface area (Å²) in [6.45, 7) is 5.65. The van der Waals surface area contributed by atoms with Crippen LogP contribution in [0.3, 0.4) is 0 Å². The minimum absolute atomic E-state index is 0.147. The number of anilines is 1. The van der Waals surface area contributed by atoms with Crippen molar-refractivity contribution in [2.24, 2.45) is 0 Å². The van der Waals surface area contributed by atoms with E-state index in [1.54, 1.807) is 23.9 Å². The predicted octanol–water partition coefficient (Wildman–Crippen LogP) is 4.56. The van der Waals surface area contributed by atoms with Crippen LogP contribution in [0.1, 0.15) is 50.3 Å². The van der Waals surface area contributed by atoms with Crippen LogP contribution >= 0.6 is 0 Å². The van der Waals surface area contributed by atoms with Crippen LogP contribution in [0.25, 0.3) is 0 Å². The number of hydrogen-bond acceptors (Lipinski definition) is 4. The van der Waals surface area contributed by atoms with Gasteiger partial charge in [-0.3, -0.25) is 9.59 Å². The van der Waals surface area contributed by atoms with Crippen molar-refractivity contribution in [2.75, 3.05) is 5.32 Å². The average molecular weight is 405 g/mol. The Morgan fingerprint density at radius 3 is 2.07 bits per heavy atom. The Labute approximate surface area is 176 Å². The lowest BCUT2D eigenvalue weighted by Gasteiger charge is -2.21. The first-order chi connectivity index (χ1) is 14.5. The molecule has 0 aliphatic carbocycles. The Morgan fingerprint density at radius 1 is 0.967 bits per heavy atom. The van der Waals surface area contributed by atoms with E-state index in [9.17, 15) is 9.59 Å². The number of carbonyl (C=O) groups is 2. The molecule has 0 aliphatic heterocycles. The molecule has 1 amide bonds. The van der Waals surface area contributed by atoms with Crippen LogP contribution in [0.15, 0.2) is 72.9 Å². The van der Waals surface area contributed by atoms with Crippen LogP contribution < -0.4 is 5.32 Å². The molecule has 3 rings (SSSR count). The third-order valence-electron chi connectivity index (χ3n) is 5.09. The Morgan fingerprint density at radius 2 is 1.53 bits per heavy atom. The van der Waals surface area contributed by atoms with Gasteiger partial charge in [-0.25, -0.2) is 4.68 Å². The number of hydrogen-bond donors (Lipinski definition) is 1. The number of aromatic nitrogens is 2. The fourth-order valence-electron chi connectivity index (χ4n) is 3.22. The Bertz CT molecular complexity index is 930. The van der Waals surface area contributed by atoms with Crippen molar-refractivity contribution in [3.8, 4) is 0 Å². The maximum Gasteiger partial charge on any atom is 0.318 e. The van der Waals surface area contributed by atoms with Gasteiger partial charge in [-0.1, -0.05) is 67.6 Å². The number of esters is 1. The zero-order valence-corrected chi connectivity index (χ0v) is 17.5. The van der Waals surface area contributed by atoms with Gasteiger partial charge in [0, 0.05) is 6.07 Å². The second-order valence-electron chi connectivity index (χ2n) is 7.24. The van der Waals surface area contributed by atoms with Crippen LogP contribution in [0.4, 0.5) is 5.82 Å². The molecule has 2 atom stereocenters. The largest absolute Gasteiger partial charge is 0.452 e. The monoisotopic (exact) mass is 405 g/mol. The minimum Gasteiger partial charge on any atom is -0.452 e. The molecule has 0 aliphatic rings. The minimum atomic E-state index is -0.951. The molecule has 0 bridgehead atoms. The summed E-state index contributed by atoms with van der Waals surface area (Å²) in [6, 6.07) is 20.7. The summed E-state index contributed by atoms with van der Waals surface area (Å²) < 4.78 is 7.33. The first kappa shape index (κ1) is 21.3. The summed E-state index contributed by atoms with van der Waals surface area (Å²) in [5, 5.41) is 7.08. The van der Waals surface area contributed by atoms with Crippen LogP contribution in [-0.4, -0.2) is 27.8 Å². The second kappa shape index (κ2) is 9.87. The van der Waals surface area contributed by atoms with E-state index in [1.165, 1.54) is 0 Å². The average Bonchev–Trinajstić information content (AvgIpc) is 3.23. The predicted molar refractivity (Wildman–Crippen MR) is 116 cm³/mol. The van der Waals surface area contributed by atoms with Gasteiger partial charge < -0.3 is 10.1 Å². The summed E-state index contributed by atoms with van der Waals surface area (Å²) >= 11 is 0. The quantitative estimate of drug-likeness (QED) is 0.558. The van der Waals surface area contributed by atoms with E-state index in [0.717, 1.165) is 17.5 Å². The normalized spacial score (nSPS) is 12.9. The number of nitrogens with one attached hydrogen (secondary N) is 1. The molecule has 0 saturated carbocycles. The summed E-state index contributed by atoms with van der Waals surface area (Å²) in [6.07, 6.45) is 1.57. The Kier molecular flexibility index (Phi) is 7.01. The van der Waals surface area contributed by atoms with Gasteiger partial charge >= 0.3 is 5.97 Å². The van der Waals surface area contributed by atoms with Gasteiger partial charge in [-0.05, 0) is 31.4 Å². The molecular formula is C24H27N3O3. The molecule has 1 N–H and O–H groups in total. The highest BCUT2D eigenvalue weighted by molar-refractivity contribution is 5.95. The highest BCUT2D eigenvalue weighted by Gasteiger charge is 2.28. The number of ether oxygens (including phenoxy) is 1. The molecule has 0 spiro atoms. The summed E-state index contributed by atoms with van der Waals surface area (Å²) in [4.78, 5) is 25.7. The fourth-order valence-corrected chi connectivity index (χ4v) is 3.22. The zero-order valence-electron chi connectivity index (χ0n) is 17.5. The van der Waals surface area contributed by atoms with Crippen molar-refractivity contribution in [2.45, 2.75) is 45.3 Å².